The number of fused-ring (bicyclic) bond motifs is 4. The maximum atomic E-state index is 10.4. The molecule has 4 aliphatic carbocycles. The summed E-state index contributed by atoms with van der Waals surface area (Å²) in [4.78, 5) is 4.42. The molecule has 0 radical (unpaired) electrons. The number of hydrogen-bond donors (Lipinski definition) is 1. The van der Waals surface area contributed by atoms with Gasteiger partial charge in [-0.15, -0.1) is 0 Å². The largest absolute Gasteiger partial charge is 0.393 e. The van der Waals surface area contributed by atoms with Gasteiger partial charge in [-0.25, -0.2) is 0 Å². The number of pyridine rings is 1. The Balaban J connectivity index is 1.43. The lowest BCUT2D eigenvalue weighted by atomic mass is 9.35. The zero-order chi connectivity index (χ0) is 20.3. The van der Waals surface area contributed by atoms with Gasteiger partial charge in [0.1, 0.15) is 5.60 Å². The van der Waals surface area contributed by atoms with Crippen molar-refractivity contribution in [3.8, 4) is 0 Å². The number of aliphatic hydroxyl groups is 1. The summed E-state index contributed by atoms with van der Waals surface area (Å²) in [6.07, 6.45) is 14.3. The standard InChI is InChI=1S/C26H35NO2/c1-22-11-12-24(3)20(14-21-26(29-21)15-18(28)7-10-25(24,26)4)23(22,2)9-8-19(22)17-6-5-13-27-16-17/h5-6,8,13,16,18,20-21,28H,7,9-12,14-15H2,1-4H3/t18-,20-,21-,22+,23-,24-,25+,26-/m0/s1. The minimum atomic E-state index is -0.178. The van der Waals surface area contributed by atoms with E-state index in [1.807, 2.05) is 6.20 Å². The van der Waals surface area contributed by atoms with E-state index in [0.29, 0.717) is 12.0 Å². The molecule has 156 valence electrons. The Morgan fingerprint density at radius 1 is 1.10 bits per heavy atom. The second-order valence-electron chi connectivity index (χ2n) is 11.7. The number of rotatable bonds is 1. The molecule has 3 saturated carbocycles. The summed E-state index contributed by atoms with van der Waals surface area (Å²) in [5.74, 6) is 0.653. The third-order valence-corrected chi connectivity index (χ3v) is 11.2. The molecule has 5 aliphatic rings. The lowest BCUT2D eigenvalue weighted by Gasteiger charge is -2.68. The van der Waals surface area contributed by atoms with E-state index in [2.05, 4.69) is 57.1 Å². The molecular formula is C26H35NO2. The van der Waals surface area contributed by atoms with E-state index in [4.69, 9.17) is 4.74 Å². The molecule has 0 aromatic carbocycles. The Morgan fingerprint density at radius 2 is 1.93 bits per heavy atom. The normalized spacial score (nSPS) is 55.2. The minimum Gasteiger partial charge on any atom is -0.393 e. The van der Waals surface area contributed by atoms with Gasteiger partial charge in [-0.3, -0.25) is 4.98 Å². The third-order valence-electron chi connectivity index (χ3n) is 11.2. The highest BCUT2D eigenvalue weighted by molar-refractivity contribution is 5.73. The molecule has 1 aromatic heterocycles. The summed E-state index contributed by atoms with van der Waals surface area (Å²) >= 11 is 0. The van der Waals surface area contributed by atoms with Crippen LogP contribution in [0, 0.1) is 27.6 Å². The first-order chi connectivity index (χ1) is 13.7. The fourth-order valence-corrected chi connectivity index (χ4v) is 9.00. The Kier molecular flexibility index (Phi) is 3.42. The van der Waals surface area contributed by atoms with Crippen LogP contribution >= 0.6 is 0 Å². The molecule has 0 bridgehead atoms. The van der Waals surface area contributed by atoms with E-state index >= 15 is 0 Å². The van der Waals surface area contributed by atoms with E-state index < -0.39 is 0 Å². The van der Waals surface area contributed by atoms with Crippen molar-refractivity contribution in [3.05, 3.63) is 36.2 Å². The van der Waals surface area contributed by atoms with Crippen molar-refractivity contribution in [2.24, 2.45) is 27.6 Å². The Bertz CT molecular complexity index is 897. The average molecular weight is 394 g/mol. The van der Waals surface area contributed by atoms with E-state index in [9.17, 15) is 5.11 Å². The molecular weight excluding hydrogens is 358 g/mol. The molecule has 1 saturated heterocycles. The molecule has 2 heterocycles. The summed E-state index contributed by atoms with van der Waals surface area (Å²) in [7, 11) is 0. The predicted molar refractivity (Wildman–Crippen MR) is 114 cm³/mol. The van der Waals surface area contributed by atoms with Crippen LogP contribution in [0.1, 0.15) is 78.2 Å². The molecule has 1 N–H and O–H groups in total. The molecule has 6 rings (SSSR count). The zero-order valence-electron chi connectivity index (χ0n) is 18.4. The van der Waals surface area contributed by atoms with Crippen molar-refractivity contribution in [3.63, 3.8) is 0 Å². The average Bonchev–Trinajstić information content (AvgIpc) is 3.32. The molecule has 3 nitrogen and oxygen atoms in total. The Hall–Kier alpha value is -1.19. The van der Waals surface area contributed by atoms with Crippen molar-refractivity contribution < 1.29 is 9.84 Å². The second-order valence-corrected chi connectivity index (χ2v) is 11.7. The quantitative estimate of drug-likeness (QED) is 0.651. The molecule has 0 unspecified atom stereocenters. The van der Waals surface area contributed by atoms with Crippen LogP contribution in [-0.2, 0) is 4.74 Å². The highest BCUT2D eigenvalue weighted by atomic mass is 16.6. The molecule has 8 atom stereocenters. The first-order valence-corrected chi connectivity index (χ1v) is 11.7. The number of allylic oxidation sites excluding steroid dienone is 2. The van der Waals surface area contributed by atoms with Gasteiger partial charge in [0.2, 0.25) is 0 Å². The maximum absolute atomic E-state index is 10.4. The smallest absolute Gasteiger partial charge is 0.103 e. The number of ether oxygens (including phenoxy) is 1. The van der Waals surface area contributed by atoms with Gasteiger partial charge in [0.05, 0.1) is 12.2 Å². The molecule has 3 heteroatoms. The lowest BCUT2D eigenvalue weighted by molar-refractivity contribution is -0.189. The Labute approximate surface area is 175 Å². The zero-order valence-corrected chi connectivity index (χ0v) is 18.4. The van der Waals surface area contributed by atoms with Gasteiger partial charge in [-0.1, -0.05) is 39.8 Å². The highest BCUT2D eigenvalue weighted by Gasteiger charge is 2.80. The Morgan fingerprint density at radius 3 is 2.69 bits per heavy atom. The van der Waals surface area contributed by atoms with Crippen LogP contribution in [0.4, 0.5) is 0 Å². The summed E-state index contributed by atoms with van der Waals surface area (Å²) in [6, 6.07) is 4.31. The van der Waals surface area contributed by atoms with Crippen LogP contribution in [-0.4, -0.2) is 27.9 Å². The van der Waals surface area contributed by atoms with Crippen LogP contribution in [0.25, 0.3) is 5.57 Å². The van der Waals surface area contributed by atoms with Crippen LogP contribution in [0.3, 0.4) is 0 Å². The SMILES string of the molecule is C[C@]12CC[C@H](O)C[C@@]13O[C@H]3C[C@@H]1[C@]2(C)CC[C@]2(C)C(c3cccnc3)=CC[C@@]12C. The number of aromatic nitrogens is 1. The number of aliphatic hydroxyl groups excluding tert-OH is 1. The molecule has 1 aliphatic heterocycles. The van der Waals surface area contributed by atoms with Crippen molar-refractivity contribution in [2.45, 2.75) is 90.4 Å². The summed E-state index contributed by atoms with van der Waals surface area (Å²) in [5, 5.41) is 10.4. The summed E-state index contributed by atoms with van der Waals surface area (Å²) in [5.41, 5.74) is 3.66. The van der Waals surface area contributed by atoms with Crippen molar-refractivity contribution in [2.75, 3.05) is 0 Å². The predicted octanol–water partition coefficient (Wildman–Crippen LogP) is 5.39. The van der Waals surface area contributed by atoms with Gasteiger partial charge >= 0.3 is 0 Å². The molecule has 4 fully saturated rings. The first-order valence-electron chi connectivity index (χ1n) is 11.7. The van der Waals surface area contributed by atoms with Crippen LogP contribution < -0.4 is 0 Å². The summed E-state index contributed by atoms with van der Waals surface area (Å²) in [6.45, 7) is 10.2. The van der Waals surface area contributed by atoms with Crippen molar-refractivity contribution >= 4 is 5.57 Å². The number of hydrogen-bond acceptors (Lipinski definition) is 3. The van der Waals surface area contributed by atoms with Gasteiger partial charge in [0.15, 0.2) is 0 Å². The van der Waals surface area contributed by atoms with E-state index in [1.165, 1.54) is 30.4 Å². The van der Waals surface area contributed by atoms with Crippen molar-refractivity contribution in [1.82, 2.24) is 4.98 Å². The molecule has 1 aromatic rings. The van der Waals surface area contributed by atoms with Gasteiger partial charge in [0, 0.05) is 24.2 Å². The lowest BCUT2D eigenvalue weighted by Crippen LogP contribution is -2.66. The topological polar surface area (TPSA) is 45.6 Å². The molecule has 0 amide bonds. The van der Waals surface area contributed by atoms with Gasteiger partial charge in [-0.2, -0.15) is 0 Å². The third kappa shape index (κ3) is 1.92. The first kappa shape index (κ1) is 18.6. The maximum Gasteiger partial charge on any atom is 0.103 e. The minimum absolute atomic E-state index is 0.0573. The van der Waals surface area contributed by atoms with Crippen molar-refractivity contribution in [1.29, 1.82) is 0 Å². The van der Waals surface area contributed by atoms with Crippen LogP contribution in [0.2, 0.25) is 0 Å². The second kappa shape index (κ2) is 5.34. The number of epoxide rings is 1. The van der Waals surface area contributed by atoms with Gasteiger partial charge < -0.3 is 9.84 Å². The van der Waals surface area contributed by atoms with E-state index in [1.54, 1.807) is 0 Å². The number of nitrogens with zero attached hydrogens (tertiary/aromatic N) is 1. The van der Waals surface area contributed by atoms with Gasteiger partial charge in [-0.05, 0) is 77.9 Å². The molecule has 29 heavy (non-hydrogen) atoms. The fraction of sp³-hybridized carbons (Fsp3) is 0.731. The monoisotopic (exact) mass is 393 g/mol. The van der Waals surface area contributed by atoms with Crippen LogP contribution in [0.15, 0.2) is 30.6 Å². The molecule has 1 spiro atoms. The van der Waals surface area contributed by atoms with Crippen LogP contribution in [0.5, 0.6) is 0 Å². The van der Waals surface area contributed by atoms with E-state index in [-0.39, 0.29) is 33.4 Å². The highest BCUT2D eigenvalue weighted by Crippen LogP contribution is 2.81. The fourth-order valence-electron chi connectivity index (χ4n) is 9.00. The summed E-state index contributed by atoms with van der Waals surface area (Å²) < 4.78 is 6.55. The van der Waals surface area contributed by atoms with E-state index in [0.717, 1.165) is 25.7 Å². The van der Waals surface area contributed by atoms with Gasteiger partial charge in [0.25, 0.3) is 0 Å².